The highest BCUT2D eigenvalue weighted by Crippen LogP contribution is 2.23. The van der Waals surface area contributed by atoms with Crippen molar-refractivity contribution < 1.29 is 4.39 Å². The van der Waals surface area contributed by atoms with E-state index in [2.05, 4.69) is 37.5 Å². The molecule has 25 heavy (non-hydrogen) atoms. The molecule has 130 valence electrons. The molecule has 0 unspecified atom stereocenters. The first-order valence-electron chi connectivity index (χ1n) is 8.89. The van der Waals surface area contributed by atoms with Crippen molar-refractivity contribution in [2.45, 2.75) is 46.6 Å². The van der Waals surface area contributed by atoms with E-state index in [1.54, 1.807) is 12.1 Å². The van der Waals surface area contributed by atoms with Gasteiger partial charge in [0.1, 0.15) is 5.82 Å². The molecule has 0 aliphatic rings. The summed E-state index contributed by atoms with van der Waals surface area (Å²) in [4.78, 5) is 0. The summed E-state index contributed by atoms with van der Waals surface area (Å²) >= 11 is 0. The molecule has 2 nitrogen and oxygen atoms in total. The minimum absolute atomic E-state index is 0.214. The first-order valence-corrected chi connectivity index (χ1v) is 8.89. The van der Waals surface area contributed by atoms with E-state index in [0.717, 1.165) is 22.9 Å². The van der Waals surface area contributed by atoms with Crippen LogP contribution in [0.4, 0.5) is 4.39 Å². The van der Waals surface area contributed by atoms with E-state index < -0.39 is 0 Å². The van der Waals surface area contributed by atoms with Crippen LogP contribution in [0.25, 0.3) is 10.9 Å². The first-order chi connectivity index (χ1) is 12.1. The molecule has 3 aromatic rings. The molecule has 0 N–H and O–H groups in total. The molecule has 0 aliphatic heterocycles. The molecule has 0 aliphatic carbocycles. The van der Waals surface area contributed by atoms with Crippen molar-refractivity contribution in [3.63, 3.8) is 0 Å². The summed E-state index contributed by atoms with van der Waals surface area (Å²) in [6, 6.07) is 16.6. The summed E-state index contributed by atoms with van der Waals surface area (Å²) in [7, 11) is 0. The minimum Gasteiger partial charge on any atom is -0.340 e. The van der Waals surface area contributed by atoms with E-state index in [-0.39, 0.29) is 5.82 Å². The van der Waals surface area contributed by atoms with Crippen molar-refractivity contribution in [2.24, 2.45) is 0 Å². The van der Waals surface area contributed by atoms with Crippen LogP contribution >= 0.6 is 0 Å². The average molecular weight is 336 g/mol. The fourth-order valence-electron chi connectivity index (χ4n) is 2.70. The molecule has 2 aromatic carbocycles. The Bertz CT molecular complexity index is 869. The molecular weight excluding hydrogens is 311 g/mol. The van der Waals surface area contributed by atoms with Crippen LogP contribution in [-0.2, 0) is 13.0 Å². The third kappa shape index (κ3) is 4.70. The van der Waals surface area contributed by atoms with Crippen LogP contribution < -0.4 is 0 Å². The lowest BCUT2D eigenvalue weighted by atomic mass is 10.1. The van der Waals surface area contributed by atoms with E-state index >= 15 is 0 Å². The molecule has 3 heteroatoms. The van der Waals surface area contributed by atoms with E-state index in [1.807, 2.05) is 24.3 Å². The molecule has 1 aromatic heterocycles. The van der Waals surface area contributed by atoms with Crippen LogP contribution in [0.1, 0.15) is 50.4 Å². The number of fused-ring (bicyclic) bond motifs is 1. The minimum atomic E-state index is -0.214. The molecule has 0 saturated carbocycles. The maximum atomic E-state index is 13.3. The predicted octanol–water partition coefficient (Wildman–Crippen LogP) is 6.07. The van der Waals surface area contributed by atoms with Gasteiger partial charge in [-0.15, -0.1) is 0 Å². The molecule has 0 fully saturated rings. The Balaban J connectivity index is 0.000000511. The maximum Gasteiger partial charge on any atom is 0.123 e. The lowest BCUT2D eigenvalue weighted by Crippen LogP contribution is -2.03. The van der Waals surface area contributed by atoms with Crippen molar-refractivity contribution >= 4 is 10.9 Å². The summed E-state index contributed by atoms with van der Waals surface area (Å²) in [5.41, 5.74) is 3.86. The third-order valence-electron chi connectivity index (χ3n) is 4.21. The van der Waals surface area contributed by atoms with Gasteiger partial charge in [0, 0.05) is 23.1 Å². The Morgan fingerprint density at radius 2 is 1.76 bits per heavy atom. The normalized spacial score (nSPS) is 10.2. The van der Waals surface area contributed by atoms with Crippen LogP contribution in [0.15, 0.2) is 48.5 Å². The Morgan fingerprint density at radius 3 is 2.36 bits per heavy atom. The molecule has 0 radical (unpaired) electrons. The number of rotatable bonds is 4. The largest absolute Gasteiger partial charge is 0.340 e. The Labute approximate surface area is 149 Å². The van der Waals surface area contributed by atoms with Gasteiger partial charge < -0.3 is 4.57 Å². The first kappa shape index (κ1) is 18.7. The fourth-order valence-corrected chi connectivity index (χ4v) is 2.70. The Kier molecular flexibility index (Phi) is 6.77. The van der Waals surface area contributed by atoms with E-state index in [9.17, 15) is 4.39 Å². The van der Waals surface area contributed by atoms with Gasteiger partial charge in [0.05, 0.1) is 11.6 Å². The molecule has 0 atom stereocenters. The van der Waals surface area contributed by atoms with Crippen molar-refractivity contribution in [3.05, 3.63) is 71.2 Å². The van der Waals surface area contributed by atoms with Gasteiger partial charge in [-0.05, 0) is 48.4 Å². The zero-order valence-electron chi connectivity index (χ0n) is 15.2. The predicted molar refractivity (Wildman–Crippen MR) is 102 cm³/mol. The highest BCUT2D eigenvalue weighted by molar-refractivity contribution is 5.83. The van der Waals surface area contributed by atoms with Gasteiger partial charge in [-0.25, -0.2) is 4.39 Å². The number of hydrogen-bond acceptors (Lipinski definition) is 1. The number of aryl methyl sites for hydroxylation is 1. The van der Waals surface area contributed by atoms with Gasteiger partial charge >= 0.3 is 0 Å². The summed E-state index contributed by atoms with van der Waals surface area (Å²) < 4.78 is 15.5. The fraction of sp³-hybridized carbons (Fsp3) is 0.318. The van der Waals surface area contributed by atoms with Crippen LogP contribution in [0.3, 0.4) is 0 Å². The van der Waals surface area contributed by atoms with Crippen molar-refractivity contribution in [1.29, 1.82) is 5.26 Å². The summed E-state index contributed by atoms with van der Waals surface area (Å²) in [5.74, 6) is -0.214. The van der Waals surface area contributed by atoms with Gasteiger partial charge in [-0.3, -0.25) is 0 Å². The molecule has 3 rings (SSSR count). The second-order valence-electron chi connectivity index (χ2n) is 6.09. The topological polar surface area (TPSA) is 28.7 Å². The molecule has 0 amide bonds. The number of halogens is 1. The average Bonchev–Trinajstić information content (AvgIpc) is 2.98. The number of nitriles is 1. The zero-order chi connectivity index (χ0) is 18.2. The standard InChI is InChI=1S/C18H15FN2.C4H10/c1-2-17-10-15-8-13(11-20)6-7-18(15)21(17)12-14-4-3-5-16(19)9-14;1-3-4-2/h3-10H,2,12H2,1H3;3-4H2,1-2H3. The second-order valence-corrected chi connectivity index (χ2v) is 6.09. The summed E-state index contributed by atoms with van der Waals surface area (Å²) in [6.07, 6.45) is 3.53. The number of benzene rings is 2. The number of nitrogens with zero attached hydrogens (tertiary/aromatic N) is 2. The van der Waals surface area contributed by atoms with Gasteiger partial charge in [-0.1, -0.05) is 45.7 Å². The molecular formula is C22H25FN2. The lowest BCUT2D eigenvalue weighted by Gasteiger charge is -2.10. The van der Waals surface area contributed by atoms with E-state index in [0.29, 0.717) is 12.1 Å². The number of unbranched alkanes of at least 4 members (excludes halogenated alkanes) is 1. The van der Waals surface area contributed by atoms with Crippen LogP contribution in [0.2, 0.25) is 0 Å². The van der Waals surface area contributed by atoms with Crippen molar-refractivity contribution in [1.82, 2.24) is 4.57 Å². The number of hydrogen-bond donors (Lipinski definition) is 0. The molecule has 0 saturated heterocycles. The SMILES string of the molecule is CCCC.CCc1cc2cc(C#N)ccc2n1Cc1cccc(F)c1. The zero-order valence-corrected chi connectivity index (χ0v) is 15.2. The Hall–Kier alpha value is -2.60. The van der Waals surface area contributed by atoms with Crippen LogP contribution in [-0.4, -0.2) is 4.57 Å². The lowest BCUT2D eigenvalue weighted by molar-refractivity contribution is 0.623. The second kappa shape index (κ2) is 9.03. The van der Waals surface area contributed by atoms with Crippen LogP contribution in [0.5, 0.6) is 0 Å². The Morgan fingerprint density at radius 1 is 1.00 bits per heavy atom. The van der Waals surface area contributed by atoms with E-state index in [4.69, 9.17) is 5.26 Å². The summed E-state index contributed by atoms with van der Waals surface area (Å²) in [5, 5.41) is 10.1. The van der Waals surface area contributed by atoms with Gasteiger partial charge in [0.15, 0.2) is 0 Å². The van der Waals surface area contributed by atoms with Crippen molar-refractivity contribution in [3.8, 4) is 6.07 Å². The smallest absolute Gasteiger partial charge is 0.123 e. The number of aromatic nitrogens is 1. The molecule has 0 spiro atoms. The van der Waals surface area contributed by atoms with Crippen LogP contribution in [0, 0.1) is 17.1 Å². The van der Waals surface area contributed by atoms with Gasteiger partial charge in [0.2, 0.25) is 0 Å². The summed E-state index contributed by atoms with van der Waals surface area (Å²) in [6.45, 7) is 7.10. The maximum absolute atomic E-state index is 13.3. The third-order valence-corrected chi connectivity index (χ3v) is 4.21. The molecule has 0 bridgehead atoms. The van der Waals surface area contributed by atoms with E-state index in [1.165, 1.54) is 24.6 Å². The molecule has 1 heterocycles. The quantitative estimate of drug-likeness (QED) is 0.568. The van der Waals surface area contributed by atoms with Gasteiger partial charge in [0.25, 0.3) is 0 Å². The highest BCUT2D eigenvalue weighted by atomic mass is 19.1. The highest BCUT2D eigenvalue weighted by Gasteiger charge is 2.09. The van der Waals surface area contributed by atoms with Gasteiger partial charge in [-0.2, -0.15) is 5.26 Å². The monoisotopic (exact) mass is 336 g/mol. The van der Waals surface area contributed by atoms with Crippen molar-refractivity contribution in [2.75, 3.05) is 0 Å².